The quantitative estimate of drug-likeness (QED) is 0.625. The molecule has 1 aliphatic carbocycles. The minimum atomic E-state index is -0.197. The molecule has 144 valence electrons. The average molecular weight is 362 g/mol. The predicted molar refractivity (Wildman–Crippen MR) is 103 cm³/mol. The van der Waals surface area contributed by atoms with Crippen LogP contribution < -0.4 is 10.6 Å². The highest BCUT2D eigenvalue weighted by Crippen LogP contribution is 2.22. The van der Waals surface area contributed by atoms with Crippen molar-refractivity contribution < 1.29 is 9.13 Å². The lowest BCUT2D eigenvalue weighted by Gasteiger charge is -2.35. The number of morpholine rings is 1. The van der Waals surface area contributed by atoms with Crippen LogP contribution in [0.1, 0.15) is 43.7 Å². The van der Waals surface area contributed by atoms with Crippen molar-refractivity contribution in [1.29, 1.82) is 0 Å². The topological polar surface area (TPSA) is 48.9 Å². The van der Waals surface area contributed by atoms with Gasteiger partial charge >= 0.3 is 0 Å². The van der Waals surface area contributed by atoms with Crippen LogP contribution in [0.3, 0.4) is 0 Å². The molecule has 2 N–H and O–H groups in total. The SMILES string of the molecule is CN=C(NCC(c1ccc(F)cc1)N1CCOCC1)NC1CCCCC1. The Balaban J connectivity index is 1.63. The van der Waals surface area contributed by atoms with Crippen LogP contribution in [0, 0.1) is 5.82 Å². The monoisotopic (exact) mass is 362 g/mol. The third-order valence-electron chi connectivity index (χ3n) is 5.37. The number of hydrogen-bond donors (Lipinski definition) is 2. The molecule has 1 aromatic carbocycles. The van der Waals surface area contributed by atoms with E-state index in [4.69, 9.17) is 4.74 Å². The molecular weight excluding hydrogens is 331 g/mol. The molecule has 0 radical (unpaired) electrons. The Bertz CT molecular complexity index is 566. The van der Waals surface area contributed by atoms with Gasteiger partial charge in [-0.2, -0.15) is 0 Å². The molecule has 26 heavy (non-hydrogen) atoms. The summed E-state index contributed by atoms with van der Waals surface area (Å²) in [5, 5.41) is 7.05. The summed E-state index contributed by atoms with van der Waals surface area (Å²) in [4.78, 5) is 6.80. The van der Waals surface area contributed by atoms with Gasteiger partial charge < -0.3 is 15.4 Å². The number of rotatable bonds is 5. The Morgan fingerprint density at radius 3 is 2.54 bits per heavy atom. The number of halogens is 1. The Hall–Kier alpha value is -1.66. The molecule has 1 saturated heterocycles. The van der Waals surface area contributed by atoms with E-state index in [-0.39, 0.29) is 11.9 Å². The van der Waals surface area contributed by atoms with E-state index in [1.807, 2.05) is 19.2 Å². The van der Waals surface area contributed by atoms with E-state index in [1.54, 1.807) is 0 Å². The molecule has 1 saturated carbocycles. The zero-order chi connectivity index (χ0) is 18.2. The van der Waals surface area contributed by atoms with E-state index in [0.29, 0.717) is 6.04 Å². The summed E-state index contributed by atoms with van der Waals surface area (Å²) in [5.74, 6) is 0.662. The Morgan fingerprint density at radius 1 is 1.19 bits per heavy atom. The Kier molecular flexibility index (Phi) is 7.26. The zero-order valence-electron chi connectivity index (χ0n) is 15.7. The lowest BCUT2D eigenvalue weighted by atomic mass is 9.96. The van der Waals surface area contributed by atoms with Gasteiger partial charge in [-0.25, -0.2) is 4.39 Å². The normalized spacial score (nSPS) is 21.4. The van der Waals surface area contributed by atoms with E-state index in [1.165, 1.54) is 44.2 Å². The van der Waals surface area contributed by atoms with Crippen LogP contribution in [-0.4, -0.2) is 56.8 Å². The van der Waals surface area contributed by atoms with E-state index in [9.17, 15) is 4.39 Å². The molecule has 1 heterocycles. The number of guanidine groups is 1. The summed E-state index contributed by atoms with van der Waals surface area (Å²) in [5.41, 5.74) is 1.12. The highest BCUT2D eigenvalue weighted by atomic mass is 19.1. The number of nitrogens with zero attached hydrogens (tertiary/aromatic N) is 2. The summed E-state index contributed by atoms with van der Waals surface area (Å²) in [6, 6.07) is 7.53. The van der Waals surface area contributed by atoms with Crippen LogP contribution in [0.15, 0.2) is 29.3 Å². The van der Waals surface area contributed by atoms with Crippen molar-refractivity contribution in [2.45, 2.75) is 44.2 Å². The minimum Gasteiger partial charge on any atom is -0.379 e. The van der Waals surface area contributed by atoms with Gasteiger partial charge in [-0.3, -0.25) is 9.89 Å². The summed E-state index contributed by atoms with van der Waals surface area (Å²) in [6.45, 7) is 3.99. The molecule has 1 unspecified atom stereocenters. The second-order valence-corrected chi connectivity index (χ2v) is 7.15. The number of ether oxygens (including phenoxy) is 1. The Morgan fingerprint density at radius 2 is 1.88 bits per heavy atom. The number of benzene rings is 1. The summed E-state index contributed by atoms with van der Waals surface area (Å²) in [6.07, 6.45) is 6.35. The molecule has 5 nitrogen and oxygen atoms in total. The zero-order valence-corrected chi connectivity index (χ0v) is 15.7. The summed E-state index contributed by atoms with van der Waals surface area (Å²) < 4.78 is 18.8. The lowest BCUT2D eigenvalue weighted by Crippen LogP contribution is -2.48. The molecule has 0 aromatic heterocycles. The van der Waals surface area contributed by atoms with Gasteiger partial charge in [-0.05, 0) is 30.5 Å². The first kappa shape index (κ1) is 19.1. The van der Waals surface area contributed by atoms with Gasteiger partial charge in [0.15, 0.2) is 5.96 Å². The largest absolute Gasteiger partial charge is 0.379 e. The molecule has 2 aliphatic rings. The molecule has 3 rings (SSSR count). The Labute approximate surface area is 156 Å². The smallest absolute Gasteiger partial charge is 0.191 e. The molecule has 6 heteroatoms. The maximum atomic E-state index is 13.3. The van der Waals surface area contributed by atoms with E-state index in [0.717, 1.165) is 44.4 Å². The molecule has 1 aromatic rings. The maximum absolute atomic E-state index is 13.3. The second-order valence-electron chi connectivity index (χ2n) is 7.15. The van der Waals surface area contributed by atoms with Crippen molar-refractivity contribution in [1.82, 2.24) is 15.5 Å². The molecule has 0 amide bonds. The summed E-state index contributed by atoms with van der Waals surface area (Å²) in [7, 11) is 1.82. The number of hydrogen-bond acceptors (Lipinski definition) is 3. The number of nitrogens with one attached hydrogen (secondary N) is 2. The lowest BCUT2D eigenvalue weighted by molar-refractivity contribution is 0.0169. The fourth-order valence-corrected chi connectivity index (χ4v) is 3.86. The van der Waals surface area contributed by atoms with E-state index in [2.05, 4.69) is 20.5 Å². The van der Waals surface area contributed by atoms with Crippen LogP contribution in [-0.2, 0) is 4.74 Å². The maximum Gasteiger partial charge on any atom is 0.191 e. The summed E-state index contributed by atoms with van der Waals surface area (Å²) >= 11 is 0. The highest BCUT2D eigenvalue weighted by Gasteiger charge is 2.23. The average Bonchev–Trinajstić information content (AvgIpc) is 2.70. The fourth-order valence-electron chi connectivity index (χ4n) is 3.86. The third-order valence-corrected chi connectivity index (χ3v) is 5.37. The first-order valence-corrected chi connectivity index (χ1v) is 9.80. The van der Waals surface area contributed by atoms with E-state index < -0.39 is 0 Å². The minimum absolute atomic E-state index is 0.171. The van der Waals surface area contributed by atoms with Gasteiger partial charge in [0, 0.05) is 32.7 Å². The molecule has 1 atom stereocenters. The van der Waals surface area contributed by atoms with Crippen molar-refractivity contribution in [2.75, 3.05) is 39.9 Å². The first-order valence-electron chi connectivity index (χ1n) is 9.80. The van der Waals surface area contributed by atoms with Crippen molar-refractivity contribution in [2.24, 2.45) is 4.99 Å². The van der Waals surface area contributed by atoms with Crippen molar-refractivity contribution in [3.8, 4) is 0 Å². The van der Waals surface area contributed by atoms with Crippen LogP contribution in [0.25, 0.3) is 0 Å². The molecular formula is C20H31FN4O. The van der Waals surface area contributed by atoms with Crippen LogP contribution >= 0.6 is 0 Å². The van der Waals surface area contributed by atoms with Gasteiger partial charge in [-0.15, -0.1) is 0 Å². The predicted octanol–water partition coefficient (Wildman–Crippen LogP) is 2.70. The standard InChI is InChI=1S/C20H31FN4O/c1-22-20(24-18-5-3-2-4-6-18)23-15-19(25-11-13-26-14-12-25)16-7-9-17(21)10-8-16/h7-10,18-19H,2-6,11-15H2,1H3,(H2,22,23,24). The van der Waals surface area contributed by atoms with Crippen molar-refractivity contribution >= 4 is 5.96 Å². The molecule has 0 spiro atoms. The van der Waals surface area contributed by atoms with Gasteiger partial charge in [0.25, 0.3) is 0 Å². The van der Waals surface area contributed by atoms with Gasteiger partial charge in [0.05, 0.1) is 19.3 Å². The van der Waals surface area contributed by atoms with Crippen LogP contribution in [0.2, 0.25) is 0 Å². The van der Waals surface area contributed by atoms with Crippen molar-refractivity contribution in [3.05, 3.63) is 35.6 Å². The van der Waals surface area contributed by atoms with Gasteiger partial charge in [0.2, 0.25) is 0 Å². The number of aliphatic imine (C=N–C) groups is 1. The third kappa shape index (κ3) is 5.42. The second kappa shape index (κ2) is 9.88. The molecule has 2 fully saturated rings. The van der Waals surface area contributed by atoms with Gasteiger partial charge in [-0.1, -0.05) is 31.4 Å². The fraction of sp³-hybridized carbons (Fsp3) is 0.650. The van der Waals surface area contributed by atoms with Crippen LogP contribution in [0.5, 0.6) is 0 Å². The first-order chi connectivity index (χ1) is 12.8. The molecule has 1 aliphatic heterocycles. The highest BCUT2D eigenvalue weighted by molar-refractivity contribution is 5.80. The van der Waals surface area contributed by atoms with Crippen molar-refractivity contribution in [3.63, 3.8) is 0 Å². The van der Waals surface area contributed by atoms with E-state index >= 15 is 0 Å². The molecule has 0 bridgehead atoms. The van der Waals surface area contributed by atoms with Crippen LogP contribution in [0.4, 0.5) is 4.39 Å². The van der Waals surface area contributed by atoms with Gasteiger partial charge in [0.1, 0.15) is 5.82 Å².